The number of carbonyl (C=O) groups is 1. The summed E-state index contributed by atoms with van der Waals surface area (Å²) in [5.41, 5.74) is 1.40. The molecule has 1 saturated heterocycles. The van der Waals surface area contributed by atoms with Gasteiger partial charge in [-0.3, -0.25) is 4.79 Å². The van der Waals surface area contributed by atoms with E-state index in [1.807, 2.05) is 41.6 Å². The van der Waals surface area contributed by atoms with Crippen molar-refractivity contribution < 1.29 is 9.53 Å². The van der Waals surface area contributed by atoms with E-state index < -0.39 is 0 Å². The number of aromatic nitrogens is 4. The number of hydrogen-bond acceptors (Lipinski definition) is 4. The molecule has 1 amide bonds. The van der Waals surface area contributed by atoms with E-state index in [-0.39, 0.29) is 11.8 Å². The maximum atomic E-state index is 13.1. The lowest BCUT2D eigenvalue weighted by molar-refractivity contribution is 0.0703. The Labute approximate surface area is 164 Å². The molecule has 0 aliphatic carbocycles. The molecule has 7 heteroatoms. The van der Waals surface area contributed by atoms with Gasteiger partial charge in [0.05, 0.1) is 18.9 Å². The fraction of sp³-hybridized carbons (Fsp3) is 0.381. The van der Waals surface area contributed by atoms with Crippen molar-refractivity contribution in [2.75, 3.05) is 20.2 Å². The Morgan fingerprint density at radius 1 is 1.32 bits per heavy atom. The summed E-state index contributed by atoms with van der Waals surface area (Å²) in [6.07, 6.45) is 9.29. The lowest BCUT2D eigenvalue weighted by Gasteiger charge is -2.32. The molecule has 0 spiro atoms. The molecule has 1 aromatic carbocycles. The number of aryl methyl sites for hydroxylation is 1. The molecular weight excluding hydrogens is 354 g/mol. The van der Waals surface area contributed by atoms with E-state index in [0.717, 1.165) is 37.4 Å². The van der Waals surface area contributed by atoms with E-state index >= 15 is 0 Å². The normalized spacial score (nSPS) is 16.9. The standard InChI is InChI=1S/C21H25N5O2/c1-3-24-12-10-22-20(24)16-7-6-11-25(14-16)21(27)17-13-23-26(15-17)18-8-4-5-9-19(18)28-2/h4-5,8-10,12-13,15-16H,3,6-7,11,14H2,1-2H3/t16-/m1/s1. The molecule has 1 aliphatic heterocycles. The third-order valence-electron chi connectivity index (χ3n) is 5.32. The first-order valence-electron chi connectivity index (χ1n) is 9.69. The van der Waals surface area contributed by atoms with Crippen molar-refractivity contribution in [1.82, 2.24) is 24.2 Å². The molecule has 2 aromatic heterocycles. The Balaban J connectivity index is 1.52. The van der Waals surface area contributed by atoms with Crippen LogP contribution in [-0.4, -0.2) is 50.3 Å². The number of imidazole rings is 1. The van der Waals surface area contributed by atoms with Crippen LogP contribution in [0.2, 0.25) is 0 Å². The van der Waals surface area contributed by atoms with Gasteiger partial charge in [0.1, 0.15) is 17.3 Å². The third-order valence-corrected chi connectivity index (χ3v) is 5.32. The fourth-order valence-corrected chi connectivity index (χ4v) is 3.89. The Morgan fingerprint density at radius 2 is 2.18 bits per heavy atom. The number of rotatable bonds is 5. The summed E-state index contributed by atoms with van der Waals surface area (Å²) in [5, 5.41) is 4.38. The van der Waals surface area contributed by atoms with E-state index in [1.54, 1.807) is 24.2 Å². The molecule has 4 rings (SSSR count). The molecule has 3 heterocycles. The Kier molecular flexibility index (Phi) is 5.14. The van der Waals surface area contributed by atoms with Gasteiger partial charge >= 0.3 is 0 Å². The number of amides is 1. The summed E-state index contributed by atoms with van der Waals surface area (Å²) >= 11 is 0. The van der Waals surface area contributed by atoms with Crippen LogP contribution in [0.25, 0.3) is 5.69 Å². The number of carbonyl (C=O) groups excluding carboxylic acids is 1. The summed E-state index contributed by atoms with van der Waals surface area (Å²) < 4.78 is 9.25. The van der Waals surface area contributed by atoms with Gasteiger partial charge in [0.15, 0.2) is 0 Å². The second kappa shape index (κ2) is 7.88. The minimum Gasteiger partial charge on any atom is -0.494 e. The third kappa shape index (κ3) is 3.40. The predicted molar refractivity (Wildman–Crippen MR) is 106 cm³/mol. The van der Waals surface area contributed by atoms with Crippen molar-refractivity contribution in [2.45, 2.75) is 32.2 Å². The quantitative estimate of drug-likeness (QED) is 0.683. The van der Waals surface area contributed by atoms with Crippen LogP contribution in [0.3, 0.4) is 0 Å². The molecule has 7 nitrogen and oxygen atoms in total. The zero-order chi connectivity index (χ0) is 19.5. The monoisotopic (exact) mass is 379 g/mol. The highest BCUT2D eigenvalue weighted by Gasteiger charge is 2.28. The lowest BCUT2D eigenvalue weighted by Crippen LogP contribution is -2.39. The molecule has 3 aromatic rings. The van der Waals surface area contributed by atoms with Gasteiger partial charge in [-0.1, -0.05) is 12.1 Å². The van der Waals surface area contributed by atoms with Crippen molar-refractivity contribution in [3.63, 3.8) is 0 Å². The van der Waals surface area contributed by atoms with E-state index in [2.05, 4.69) is 21.6 Å². The summed E-state index contributed by atoms with van der Waals surface area (Å²) in [7, 11) is 1.63. The second-order valence-electron chi connectivity index (χ2n) is 7.01. The fourth-order valence-electron chi connectivity index (χ4n) is 3.89. The van der Waals surface area contributed by atoms with E-state index in [4.69, 9.17) is 4.74 Å². The molecule has 0 saturated carbocycles. The van der Waals surface area contributed by atoms with Gasteiger partial charge in [-0.25, -0.2) is 9.67 Å². The van der Waals surface area contributed by atoms with Crippen LogP contribution in [0.5, 0.6) is 5.75 Å². The highest BCUT2D eigenvalue weighted by Crippen LogP contribution is 2.27. The smallest absolute Gasteiger partial charge is 0.257 e. The maximum absolute atomic E-state index is 13.1. The van der Waals surface area contributed by atoms with Crippen molar-refractivity contribution in [3.8, 4) is 11.4 Å². The summed E-state index contributed by atoms with van der Waals surface area (Å²) in [6.45, 7) is 4.46. The minimum absolute atomic E-state index is 0.0143. The Morgan fingerprint density at radius 3 is 3.00 bits per heavy atom. The van der Waals surface area contributed by atoms with E-state index in [0.29, 0.717) is 17.9 Å². The lowest BCUT2D eigenvalue weighted by atomic mass is 9.96. The summed E-state index contributed by atoms with van der Waals surface area (Å²) in [6, 6.07) is 7.63. The van der Waals surface area contributed by atoms with Crippen molar-refractivity contribution in [2.24, 2.45) is 0 Å². The molecule has 1 aliphatic rings. The van der Waals surface area contributed by atoms with Gasteiger partial charge in [0.2, 0.25) is 0 Å². The number of nitrogens with zero attached hydrogens (tertiary/aromatic N) is 5. The van der Waals surface area contributed by atoms with Crippen LogP contribution in [0.4, 0.5) is 0 Å². The molecule has 0 bridgehead atoms. The predicted octanol–water partition coefficient (Wildman–Crippen LogP) is 3.12. The van der Waals surface area contributed by atoms with Crippen LogP contribution < -0.4 is 4.74 Å². The molecule has 28 heavy (non-hydrogen) atoms. The molecule has 0 radical (unpaired) electrons. The first kappa shape index (κ1) is 18.3. The van der Waals surface area contributed by atoms with Gasteiger partial charge < -0.3 is 14.2 Å². The van der Waals surface area contributed by atoms with E-state index in [1.165, 1.54) is 0 Å². The zero-order valence-corrected chi connectivity index (χ0v) is 16.3. The Bertz CT molecular complexity index is 961. The number of piperidine rings is 1. The first-order valence-corrected chi connectivity index (χ1v) is 9.69. The molecule has 146 valence electrons. The Hall–Kier alpha value is -3.09. The zero-order valence-electron chi connectivity index (χ0n) is 16.3. The minimum atomic E-state index is 0.0143. The summed E-state index contributed by atoms with van der Waals surface area (Å²) in [5.74, 6) is 2.08. The van der Waals surface area contributed by atoms with Gasteiger partial charge in [0, 0.05) is 44.1 Å². The molecule has 1 atom stereocenters. The van der Waals surface area contributed by atoms with Crippen LogP contribution >= 0.6 is 0 Å². The highest BCUT2D eigenvalue weighted by atomic mass is 16.5. The number of hydrogen-bond donors (Lipinski definition) is 0. The van der Waals surface area contributed by atoms with Crippen molar-refractivity contribution in [3.05, 3.63) is 60.4 Å². The second-order valence-corrected chi connectivity index (χ2v) is 7.01. The number of ether oxygens (including phenoxy) is 1. The van der Waals surface area contributed by atoms with Crippen LogP contribution in [0.15, 0.2) is 49.1 Å². The van der Waals surface area contributed by atoms with E-state index in [9.17, 15) is 4.79 Å². The number of para-hydroxylation sites is 2. The topological polar surface area (TPSA) is 65.2 Å². The molecule has 0 N–H and O–H groups in total. The van der Waals surface area contributed by atoms with Crippen molar-refractivity contribution in [1.29, 1.82) is 0 Å². The van der Waals surface area contributed by atoms with Gasteiger partial charge in [-0.05, 0) is 31.9 Å². The molecule has 0 unspecified atom stereocenters. The highest BCUT2D eigenvalue weighted by molar-refractivity contribution is 5.94. The van der Waals surface area contributed by atoms with Gasteiger partial charge in [0.25, 0.3) is 5.91 Å². The largest absolute Gasteiger partial charge is 0.494 e. The number of benzene rings is 1. The number of methoxy groups -OCH3 is 1. The molecular formula is C21H25N5O2. The van der Waals surface area contributed by atoms with Crippen LogP contribution in [0.1, 0.15) is 41.9 Å². The van der Waals surface area contributed by atoms with Gasteiger partial charge in [-0.15, -0.1) is 0 Å². The van der Waals surface area contributed by atoms with Gasteiger partial charge in [-0.2, -0.15) is 5.10 Å². The first-order chi connectivity index (χ1) is 13.7. The van der Waals surface area contributed by atoms with Crippen LogP contribution in [-0.2, 0) is 6.54 Å². The average molecular weight is 379 g/mol. The maximum Gasteiger partial charge on any atom is 0.257 e. The number of likely N-dealkylation sites (tertiary alicyclic amines) is 1. The van der Waals surface area contributed by atoms with Crippen molar-refractivity contribution >= 4 is 5.91 Å². The summed E-state index contributed by atoms with van der Waals surface area (Å²) in [4.78, 5) is 19.5. The molecule has 1 fully saturated rings. The van der Waals surface area contributed by atoms with Crippen LogP contribution in [0, 0.1) is 0 Å². The SMILES string of the molecule is CCn1ccnc1[C@@H]1CCCN(C(=O)c2cnn(-c3ccccc3OC)c2)C1. The average Bonchev–Trinajstić information content (AvgIpc) is 3.43.